The Hall–Kier alpha value is -1.57. The standard InChI is InChI=1S/C11H14F3NO4/c1-3-19-9(17)10(5-18-6-10)15-8(16)4-7(2)11(12,13)14/h4H,3,5-6H2,1-2H3,(H,15,16)/b7-4+. The first-order valence-electron chi connectivity index (χ1n) is 5.54. The maximum absolute atomic E-state index is 12.3. The van der Waals surface area contributed by atoms with Crippen molar-refractivity contribution >= 4 is 11.9 Å². The fourth-order valence-corrected chi connectivity index (χ4v) is 1.37. The van der Waals surface area contributed by atoms with Gasteiger partial charge in [0.05, 0.1) is 19.8 Å². The van der Waals surface area contributed by atoms with E-state index in [1.54, 1.807) is 6.92 Å². The van der Waals surface area contributed by atoms with E-state index in [2.05, 4.69) is 5.32 Å². The molecule has 0 spiro atoms. The van der Waals surface area contributed by atoms with Crippen LogP contribution in [0.15, 0.2) is 11.6 Å². The van der Waals surface area contributed by atoms with Gasteiger partial charge in [-0.3, -0.25) is 4.79 Å². The van der Waals surface area contributed by atoms with Crippen molar-refractivity contribution in [1.29, 1.82) is 0 Å². The van der Waals surface area contributed by atoms with Crippen LogP contribution in [0.3, 0.4) is 0 Å². The Bertz CT molecular complexity index is 399. The Morgan fingerprint density at radius 1 is 1.42 bits per heavy atom. The van der Waals surface area contributed by atoms with Crippen LogP contribution in [0.5, 0.6) is 0 Å². The van der Waals surface area contributed by atoms with Crippen LogP contribution in [-0.4, -0.2) is 43.4 Å². The molecule has 1 heterocycles. The quantitative estimate of drug-likeness (QED) is 0.615. The molecule has 1 N–H and O–H groups in total. The van der Waals surface area contributed by atoms with E-state index in [0.717, 1.165) is 6.92 Å². The van der Waals surface area contributed by atoms with Gasteiger partial charge < -0.3 is 14.8 Å². The molecule has 0 radical (unpaired) electrons. The summed E-state index contributed by atoms with van der Waals surface area (Å²) in [5, 5.41) is 2.20. The summed E-state index contributed by atoms with van der Waals surface area (Å²) < 4.78 is 46.3. The molecular formula is C11H14F3NO4. The molecule has 1 aliphatic rings. The molecule has 1 amide bonds. The molecule has 1 rings (SSSR count). The van der Waals surface area contributed by atoms with Crippen molar-refractivity contribution in [2.75, 3.05) is 19.8 Å². The van der Waals surface area contributed by atoms with E-state index in [0.29, 0.717) is 6.08 Å². The van der Waals surface area contributed by atoms with Crippen molar-refractivity contribution in [2.45, 2.75) is 25.6 Å². The zero-order chi connectivity index (χ0) is 14.7. The lowest BCUT2D eigenvalue weighted by atomic mass is 9.97. The summed E-state index contributed by atoms with van der Waals surface area (Å²) >= 11 is 0. The number of alkyl halides is 3. The monoisotopic (exact) mass is 281 g/mol. The Morgan fingerprint density at radius 2 is 2.00 bits per heavy atom. The first kappa shape index (κ1) is 15.5. The minimum atomic E-state index is -4.58. The number of esters is 1. The number of hydrogen-bond acceptors (Lipinski definition) is 4. The van der Waals surface area contributed by atoms with Crippen LogP contribution in [0, 0.1) is 0 Å². The molecule has 0 aliphatic carbocycles. The van der Waals surface area contributed by atoms with Gasteiger partial charge in [-0.25, -0.2) is 4.79 Å². The van der Waals surface area contributed by atoms with Crippen LogP contribution in [-0.2, 0) is 19.1 Å². The van der Waals surface area contributed by atoms with Gasteiger partial charge in [-0.15, -0.1) is 0 Å². The largest absolute Gasteiger partial charge is 0.464 e. The third-order valence-corrected chi connectivity index (χ3v) is 2.52. The summed E-state index contributed by atoms with van der Waals surface area (Å²) in [6, 6.07) is 0. The van der Waals surface area contributed by atoms with Gasteiger partial charge in [0.15, 0.2) is 5.54 Å². The molecule has 1 saturated heterocycles. The van der Waals surface area contributed by atoms with Crippen molar-refractivity contribution in [3.63, 3.8) is 0 Å². The SMILES string of the molecule is CCOC(=O)C1(NC(=O)/C=C(\C)C(F)(F)F)COC1. The predicted octanol–water partition coefficient (Wildman–Crippen LogP) is 0.943. The van der Waals surface area contributed by atoms with Crippen molar-refractivity contribution in [1.82, 2.24) is 5.32 Å². The van der Waals surface area contributed by atoms with Crippen LogP contribution in [0.2, 0.25) is 0 Å². The molecule has 0 atom stereocenters. The van der Waals surface area contributed by atoms with Crippen LogP contribution >= 0.6 is 0 Å². The normalized spacial score (nSPS) is 18.5. The lowest BCUT2D eigenvalue weighted by Crippen LogP contribution is -2.67. The van der Waals surface area contributed by atoms with Crippen molar-refractivity contribution in [3.05, 3.63) is 11.6 Å². The van der Waals surface area contributed by atoms with E-state index in [-0.39, 0.29) is 19.8 Å². The average molecular weight is 281 g/mol. The number of ether oxygens (including phenoxy) is 2. The van der Waals surface area contributed by atoms with E-state index < -0.39 is 29.2 Å². The minimum absolute atomic E-state index is 0.105. The number of amides is 1. The van der Waals surface area contributed by atoms with Gasteiger partial charge in [-0.2, -0.15) is 13.2 Å². The summed E-state index contributed by atoms with van der Waals surface area (Å²) in [6.07, 6.45) is -4.18. The molecule has 19 heavy (non-hydrogen) atoms. The van der Waals surface area contributed by atoms with Crippen LogP contribution < -0.4 is 5.32 Å². The van der Waals surface area contributed by atoms with Gasteiger partial charge >= 0.3 is 12.1 Å². The average Bonchev–Trinajstić information content (AvgIpc) is 2.22. The number of carbonyl (C=O) groups excluding carboxylic acids is 2. The molecule has 0 saturated carbocycles. The van der Waals surface area contributed by atoms with Crippen LogP contribution in [0.4, 0.5) is 13.2 Å². The lowest BCUT2D eigenvalue weighted by molar-refractivity contribution is -0.173. The lowest BCUT2D eigenvalue weighted by Gasteiger charge is -2.38. The van der Waals surface area contributed by atoms with Crippen LogP contribution in [0.1, 0.15) is 13.8 Å². The van der Waals surface area contributed by atoms with E-state index >= 15 is 0 Å². The van der Waals surface area contributed by atoms with Gasteiger partial charge in [0, 0.05) is 11.6 Å². The summed E-state index contributed by atoms with van der Waals surface area (Å²) in [5.74, 6) is -1.72. The zero-order valence-electron chi connectivity index (χ0n) is 10.5. The molecule has 5 nitrogen and oxygen atoms in total. The molecule has 108 valence electrons. The number of allylic oxidation sites excluding steroid dienone is 1. The highest BCUT2D eigenvalue weighted by molar-refractivity contribution is 5.94. The van der Waals surface area contributed by atoms with Gasteiger partial charge in [0.1, 0.15) is 0 Å². The second-order valence-corrected chi connectivity index (χ2v) is 4.11. The van der Waals surface area contributed by atoms with Gasteiger partial charge in [-0.1, -0.05) is 0 Å². The predicted molar refractivity (Wildman–Crippen MR) is 58.1 cm³/mol. The third kappa shape index (κ3) is 3.69. The summed E-state index contributed by atoms with van der Waals surface area (Å²) in [6.45, 7) is 2.23. The zero-order valence-corrected chi connectivity index (χ0v) is 10.5. The maximum atomic E-state index is 12.3. The van der Waals surface area contributed by atoms with E-state index in [9.17, 15) is 22.8 Å². The first-order chi connectivity index (χ1) is 8.71. The number of nitrogens with one attached hydrogen (secondary N) is 1. The topological polar surface area (TPSA) is 64.6 Å². The number of rotatable bonds is 4. The van der Waals surface area contributed by atoms with Gasteiger partial charge in [0.2, 0.25) is 5.91 Å². The number of hydrogen-bond donors (Lipinski definition) is 1. The van der Waals surface area contributed by atoms with Crippen molar-refractivity contribution in [3.8, 4) is 0 Å². The molecular weight excluding hydrogens is 267 g/mol. The van der Waals surface area contributed by atoms with Crippen LogP contribution in [0.25, 0.3) is 0 Å². The highest BCUT2D eigenvalue weighted by Crippen LogP contribution is 2.25. The molecule has 0 unspecified atom stereocenters. The Balaban J connectivity index is 2.72. The summed E-state index contributed by atoms with van der Waals surface area (Å²) in [7, 11) is 0. The first-order valence-corrected chi connectivity index (χ1v) is 5.54. The highest BCUT2D eigenvalue weighted by atomic mass is 19.4. The van der Waals surface area contributed by atoms with Gasteiger partial charge in [-0.05, 0) is 13.8 Å². The van der Waals surface area contributed by atoms with Gasteiger partial charge in [0.25, 0.3) is 0 Å². The van der Waals surface area contributed by atoms with Crippen molar-refractivity contribution in [2.24, 2.45) is 0 Å². The minimum Gasteiger partial charge on any atom is -0.464 e. The van der Waals surface area contributed by atoms with E-state index in [1.807, 2.05) is 0 Å². The molecule has 0 aromatic carbocycles. The number of halogens is 3. The summed E-state index contributed by atoms with van der Waals surface area (Å²) in [4.78, 5) is 23.1. The Morgan fingerprint density at radius 3 is 2.37 bits per heavy atom. The van der Waals surface area contributed by atoms with E-state index in [1.165, 1.54) is 0 Å². The number of carbonyl (C=O) groups is 2. The smallest absolute Gasteiger partial charge is 0.412 e. The fourth-order valence-electron chi connectivity index (χ4n) is 1.37. The fraction of sp³-hybridized carbons (Fsp3) is 0.636. The third-order valence-electron chi connectivity index (χ3n) is 2.52. The molecule has 1 fully saturated rings. The molecule has 0 aromatic rings. The molecule has 8 heteroatoms. The Kier molecular flexibility index (Phi) is 4.56. The van der Waals surface area contributed by atoms with E-state index in [4.69, 9.17) is 9.47 Å². The Labute approximate surface area is 107 Å². The highest BCUT2D eigenvalue weighted by Gasteiger charge is 2.48. The summed E-state index contributed by atoms with van der Waals surface area (Å²) in [5.41, 5.74) is -2.43. The second-order valence-electron chi connectivity index (χ2n) is 4.11. The van der Waals surface area contributed by atoms with Crippen molar-refractivity contribution < 1.29 is 32.2 Å². The second kappa shape index (κ2) is 5.60. The molecule has 1 aliphatic heterocycles. The maximum Gasteiger partial charge on any atom is 0.412 e. The molecule has 0 aromatic heterocycles. The molecule has 0 bridgehead atoms.